The normalized spacial score (nSPS) is 13.6. The molecule has 0 aromatic heterocycles. The Labute approximate surface area is 96.7 Å². The quantitative estimate of drug-likeness (QED) is 0.613. The molecule has 3 nitrogen and oxygen atoms in total. The molecule has 0 spiro atoms. The van der Waals surface area contributed by atoms with Gasteiger partial charge < -0.3 is 9.94 Å². The van der Waals surface area contributed by atoms with Crippen molar-refractivity contribution in [3.63, 3.8) is 0 Å². The molecule has 1 atom stereocenters. The molecule has 0 heterocycles. The smallest absolute Gasteiger partial charge is 0.142 e. The summed E-state index contributed by atoms with van der Waals surface area (Å²) in [6.07, 6.45) is 0.181. The van der Waals surface area contributed by atoms with Gasteiger partial charge in [0.2, 0.25) is 0 Å². The largest absolute Gasteiger partial charge is 0.393 e. The molecule has 0 radical (unpaired) electrons. The molecule has 88 valence electrons. The highest BCUT2D eigenvalue weighted by atomic mass is 16.6. The SMILES string of the molecule is CC(CC(C)O)=NOCc1ccc(C)cc1. The maximum Gasteiger partial charge on any atom is 0.142 e. The molecule has 0 saturated heterocycles. The maximum atomic E-state index is 9.13. The highest BCUT2D eigenvalue weighted by molar-refractivity contribution is 5.81. The fourth-order valence-corrected chi connectivity index (χ4v) is 1.37. The summed E-state index contributed by atoms with van der Waals surface area (Å²) in [7, 11) is 0. The Hall–Kier alpha value is -1.35. The van der Waals surface area contributed by atoms with Crippen LogP contribution in [0.25, 0.3) is 0 Å². The molecule has 0 aliphatic rings. The fourth-order valence-electron chi connectivity index (χ4n) is 1.37. The second kappa shape index (κ2) is 6.28. The molecular weight excluding hydrogens is 202 g/mol. The molecule has 0 aliphatic carbocycles. The summed E-state index contributed by atoms with van der Waals surface area (Å²) in [4.78, 5) is 5.20. The zero-order valence-electron chi connectivity index (χ0n) is 10.1. The summed E-state index contributed by atoms with van der Waals surface area (Å²) in [5.74, 6) is 0. The van der Waals surface area contributed by atoms with Gasteiger partial charge in [-0.05, 0) is 26.3 Å². The maximum absolute atomic E-state index is 9.13. The van der Waals surface area contributed by atoms with E-state index in [1.54, 1.807) is 6.92 Å². The number of hydrogen-bond donors (Lipinski definition) is 1. The average molecular weight is 221 g/mol. The number of benzene rings is 1. The monoisotopic (exact) mass is 221 g/mol. The number of nitrogens with zero attached hydrogens (tertiary/aromatic N) is 1. The van der Waals surface area contributed by atoms with E-state index in [1.165, 1.54) is 5.56 Å². The van der Waals surface area contributed by atoms with Crippen LogP contribution in [0, 0.1) is 6.92 Å². The minimum absolute atomic E-state index is 0.369. The van der Waals surface area contributed by atoms with Gasteiger partial charge >= 0.3 is 0 Å². The number of aliphatic hydroxyl groups is 1. The lowest BCUT2D eigenvalue weighted by Crippen LogP contribution is -2.06. The van der Waals surface area contributed by atoms with Crippen molar-refractivity contribution >= 4 is 5.71 Å². The van der Waals surface area contributed by atoms with Crippen LogP contribution >= 0.6 is 0 Å². The van der Waals surface area contributed by atoms with Gasteiger partial charge in [0.05, 0.1) is 11.8 Å². The summed E-state index contributed by atoms with van der Waals surface area (Å²) >= 11 is 0. The van der Waals surface area contributed by atoms with Gasteiger partial charge in [-0.2, -0.15) is 0 Å². The van der Waals surface area contributed by atoms with Crippen molar-refractivity contribution in [2.24, 2.45) is 5.16 Å². The Morgan fingerprint density at radius 2 is 2.00 bits per heavy atom. The number of aryl methyl sites for hydroxylation is 1. The van der Waals surface area contributed by atoms with Crippen molar-refractivity contribution in [1.82, 2.24) is 0 Å². The van der Waals surface area contributed by atoms with Crippen LogP contribution in [0.15, 0.2) is 29.4 Å². The van der Waals surface area contributed by atoms with Crippen LogP contribution in [0.1, 0.15) is 31.4 Å². The van der Waals surface area contributed by atoms with Gasteiger partial charge in [-0.25, -0.2) is 0 Å². The van der Waals surface area contributed by atoms with E-state index >= 15 is 0 Å². The van der Waals surface area contributed by atoms with Gasteiger partial charge in [0.25, 0.3) is 0 Å². The molecule has 0 aliphatic heterocycles. The molecule has 1 N–H and O–H groups in total. The molecule has 0 saturated carbocycles. The Bertz CT molecular complexity index is 341. The van der Waals surface area contributed by atoms with Gasteiger partial charge in [-0.3, -0.25) is 0 Å². The van der Waals surface area contributed by atoms with Crippen molar-refractivity contribution in [3.8, 4) is 0 Å². The molecule has 0 amide bonds. The third-order valence-electron chi connectivity index (χ3n) is 2.16. The Balaban J connectivity index is 2.37. The van der Waals surface area contributed by atoms with Crippen molar-refractivity contribution in [2.45, 2.75) is 39.9 Å². The van der Waals surface area contributed by atoms with E-state index in [9.17, 15) is 0 Å². The van der Waals surface area contributed by atoms with Crippen LogP contribution in [0.5, 0.6) is 0 Å². The number of aliphatic hydroxyl groups excluding tert-OH is 1. The molecule has 0 bridgehead atoms. The molecule has 1 aromatic carbocycles. The van der Waals surface area contributed by atoms with Crippen LogP contribution in [-0.2, 0) is 11.4 Å². The second-order valence-corrected chi connectivity index (χ2v) is 4.14. The van der Waals surface area contributed by atoms with Gasteiger partial charge in [-0.15, -0.1) is 0 Å². The molecule has 3 heteroatoms. The van der Waals surface area contributed by atoms with Gasteiger partial charge in [-0.1, -0.05) is 35.0 Å². The first-order valence-electron chi connectivity index (χ1n) is 5.47. The minimum Gasteiger partial charge on any atom is -0.393 e. The minimum atomic E-state index is -0.369. The van der Waals surface area contributed by atoms with Crippen LogP contribution in [0.4, 0.5) is 0 Å². The Morgan fingerprint density at radius 3 is 2.56 bits per heavy atom. The zero-order chi connectivity index (χ0) is 12.0. The summed E-state index contributed by atoms with van der Waals surface area (Å²) < 4.78 is 0. The lowest BCUT2D eigenvalue weighted by molar-refractivity contribution is 0.127. The van der Waals surface area contributed by atoms with Gasteiger partial charge in [0.15, 0.2) is 0 Å². The predicted molar refractivity (Wildman–Crippen MR) is 65.4 cm³/mol. The standard InChI is InChI=1S/C13H19NO2/c1-10-4-6-13(7-5-10)9-16-14-11(2)8-12(3)15/h4-7,12,15H,8-9H2,1-3H3. The van der Waals surface area contributed by atoms with Crippen molar-refractivity contribution in [3.05, 3.63) is 35.4 Å². The number of hydrogen-bond acceptors (Lipinski definition) is 3. The topological polar surface area (TPSA) is 41.8 Å². The third-order valence-corrected chi connectivity index (χ3v) is 2.16. The van der Waals surface area contributed by atoms with Crippen molar-refractivity contribution in [1.29, 1.82) is 0 Å². The van der Waals surface area contributed by atoms with Gasteiger partial charge in [0, 0.05) is 6.42 Å². The van der Waals surface area contributed by atoms with Crippen LogP contribution < -0.4 is 0 Å². The highest BCUT2D eigenvalue weighted by Crippen LogP contribution is 2.05. The van der Waals surface area contributed by atoms with Gasteiger partial charge in [0.1, 0.15) is 6.61 Å². The summed E-state index contributed by atoms with van der Waals surface area (Å²) in [6.45, 7) is 6.11. The van der Waals surface area contributed by atoms with Crippen molar-refractivity contribution in [2.75, 3.05) is 0 Å². The summed E-state index contributed by atoms with van der Waals surface area (Å²) in [6, 6.07) is 8.14. The van der Waals surface area contributed by atoms with E-state index in [4.69, 9.17) is 9.94 Å². The number of oxime groups is 1. The summed E-state index contributed by atoms with van der Waals surface area (Å²) in [5.41, 5.74) is 3.14. The van der Waals surface area contributed by atoms with E-state index < -0.39 is 0 Å². The molecular formula is C13H19NO2. The third kappa shape index (κ3) is 4.94. The number of rotatable bonds is 5. The lowest BCUT2D eigenvalue weighted by atomic mass is 10.2. The zero-order valence-corrected chi connectivity index (χ0v) is 10.1. The average Bonchev–Trinajstić information content (AvgIpc) is 2.20. The molecule has 1 unspecified atom stereocenters. The van der Waals surface area contributed by atoms with E-state index in [-0.39, 0.29) is 6.10 Å². The van der Waals surface area contributed by atoms with Crippen molar-refractivity contribution < 1.29 is 9.94 Å². The molecule has 0 fully saturated rings. The first-order valence-corrected chi connectivity index (χ1v) is 5.47. The van der Waals surface area contributed by atoms with E-state index in [1.807, 2.05) is 31.2 Å². The Morgan fingerprint density at radius 1 is 1.38 bits per heavy atom. The van der Waals surface area contributed by atoms with Crippen LogP contribution in [-0.4, -0.2) is 16.9 Å². The molecule has 16 heavy (non-hydrogen) atoms. The van der Waals surface area contributed by atoms with E-state index in [2.05, 4.69) is 12.1 Å². The molecule has 1 rings (SSSR count). The fraction of sp³-hybridized carbons (Fsp3) is 0.462. The van der Waals surface area contributed by atoms with E-state index in [0.717, 1.165) is 11.3 Å². The van der Waals surface area contributed by atoms with Crippen LogP contribution in [0.2, 0.25) is 0 Å². The summed E-state index contributed by atoms with van der Waals surface area (Å²) in [5, 5.41) is 13.1. The first-order chi connectivity index (χ1) is 7.58. The Kier molecular flexibility index (Phi) is 4.99. The second-order valence-electron chi connectivity index (χ2n) is 4.14. The molecule has 1 aromatic rings. The lowest BCUT2D eigenvalue weighted by Gasteiger charge is -2.04. The van der Waals surface area contributed by atoms with E-state index in [0.29, 0.717) is 13.0 Å². The predicted octanol–water partition coefficient (Wildman–Crippen LogP) is 2.66. The first kappa shape index (κ1) is 12.7. The highest BCUT2D eigenvalue weighted by Gasteiger charge is 1.99. The van der Waals surface area contributed by atoms with Crippen LogP contribution in [0.3, 0.4) is 0 Å².